The highest BCUT2D eigenvalue weighted by molar-refractivity contribution is 7.16. The van der Waals surface area contributed by atoms with Crippen LogP contribution in [0.4, 0.5) is 16.6 Å². The highest BCUT2D eigenvalue weighted by Gasteiger charge is 2.49. The van der Waals surface area contributed by atoms with Crippen LogP contribution in [-0.2, 0) is 18.3 Å². The molecule has 4 atom stereocenters. The van der Waals surface area contributed by atoms with Gasteiger partial charge in [0, 0.05) is 34.8 Å². The van der Waals surface area contributed by atoms with E-state index < -0.39 is 5.41 Å². The predicted molar refractivity (Wildman–Crippen MR) is 196 cm³/mol. The smallest absolute Gasteiger partial charge is 0.186 e. The number of pyridine rings is 1. The zero-order valence-corrected chi connectivity index (χ0v) is 30.1. The van der Waals surface area contributed by atoms with E-state index in [1.54, 1.807) is 6.20 Å². The summed E-state index contributed by atoms with van der Waals surface area (Å²) in [6.45, 7) is 5.71. The first kappa shape index (κ1) is 33.1. The first-order chi connectivity index (χ1) is 24.8. The van der Waals surface area contributed by atoms with E-state index in [0.29, 0.717) is 52.0 Å². The number of nitrogen functional groups attached to an aromatic ring is 2. The fourth-order valence-corrected chi connectivity index (χ4v) is 10.2. The van der Waals surface area contributed by atoms with Gasteiger partial charge in [0.2, 0.25) is 0 Å². The summed E-state index contributed by atoms with van der Waals surface area (Å²) >= 11 is 1.53. The SMILES string of the molecule is CC(c1cccnc1N)N(CCC#N)c1nc(-c2noc3c2CCCC32CCCc3sc(N)c(C#N)c32)nc2c1cnn2C(C)C1CCCN1C. The summed E-state index contributed by atoms with van der Waals surface area (Å²) < 4.78 is 8.40. The van der Waals surface area contributed by atoms with Crippen LogP contribution in [0.2, 0.25) is 0 Å². The molecule has 1 aliphatic heterocycles. The van der Waals surface area contributed by atoms with E-state index >= 15 is 0 Å². The summed E-state index contributed by atoms with van der Waals surface area (Å²) in [6.07, 6.45) is 11.3. The molecule has 6 heterocycles. The first-order valence-electron chi connectivity index (χ1n) is 17.9. The van der Waals surface area contributed by atoms with Gasteiger partial charge in [0.25, 0.3) is 0 Å². The number of likely N-dealkylation sites (tertiary alicyclic amines) is 1. The number of aromatic nitrogens is 6. The fraction of sp³-hybridized carbons (Fsp3) is 0.486. The topological polar surface area (TPSA) is 189 Å². The maximum Gasteiger partial charge on any atom is 0.186 e. The number of fused-ring (bicyclic) bond motifs is 5. The van der Waals surface area contributed by atoms with Gasteiger partial charge in [-0.05, 0) is 90.4 Å². The van der Waals surface area contributed by atoms with Gasteiger partial charge in [-0.2, -0.15) is 15.6 Å². The molecule has 262 valence electrons. The van der Waals surface area contributed by atoms with Gasteiger partial charge < -0.3 is 25.8 Å². The van der Waals surface area contributed by atoms with Crippen LogP contribution in [0.25, 0.3) is 22.6 Å². The Morgan fingerprint density at radius 2 is 1.98 bits per heavy atom. The molecular formula is C37H42N12OS. The number of nitrogens with zero attached hydrogens (tertiary/aromatic N) is 10. The Kier molecular flexibility index (Phi) is 8.39. The first-order valence-corrected chi connectivity index (χ1v) is 18.7. The summed E-state index contributed by atoms with van der Waals surface area (Å²) in [6, 6.07) is 8.67. The van der Waals surface area contributed by atoms with Crippen molar-refractivity contribution >= 4 is 39.0 Å². The van der Waals surface area contributed by atoms with Gasteiger partial charge in [0.1, 0.15) is 22.7 Å². The maximum atomic E-state index is 10.2. The second-order valence-electron chi connectivity index (χ2n) is 14.3. The molecule has 1 spiro atoms. The summed E-state index contributed by atoms with van der Waals surface area (Å²) in [5.41, 5.74) is 17.1. The predicted octanol–water partition coefficient (Wildman–Crippen LogP) is 6.07. The minimum Gasteiger partial charge on any atom is -0.389 e. The van der Waals surface area contributed by atoms with Crippen LogP contribution in [0.15, 0.2) is 29.0 Å². The zero-order valence-electron chi connectivity index (χ0n) is 29.3. The molecular weight excluding hydrogens is 661 g/mol. The van der Waals surface area contributed by atoms with Gasteiger partial charge in [-0.15, -0.1) is 11.3 Å². The van der Waals surface area contributed by atoms with Gasteiger partial charge in [-0.1, -0.05) is 11.2 Å². The second kappa shape index (κ2) is 12.9. The molecule has 13 nitrogen and oxygen atoms in total. The minimum absolute atomic E-state index is 0.0492. The number of nitriles is 2. The zero-order chi connectivity index (χ0) is 35.4. The monoisotopic (exact) mass is 702 g/mol. The van der Waals surface area contributed by atoms with Crippen molar-refractivity contribution in [2.45, 2.75) is 95.2 Å². The Bertz CT molecular complexity index is 2200. The Balaban J connectivity index is 1.33. The Hall–Kier alpha value is -5.05. The largest absolute Gasteiger partial charge is 0.389 e. The third-order valence-electron chi connectivity index (χ3n) is 11.5. The Morgan fingerprint density at radius 1 is 1.16 bits per heavy atom. The molecule has 5 aromatic rings. The van der Waals surface area contributed by atoms with Gasteiger partial charge >= 0.3 is 0 Å². The van der Waals surface area contributed by atoms with Crippen LogP contribution in [0, 0.1) is 22.7 Å². The number of rotatable bonds is 8. The third-order valence-corrected chi connectivity index (χ3v) is 12.6. The van der Waals surface area contributed by atoms with Gasteiger partial charge in [-0.25, -0.2) is 19.6 Å². The molecule has 8 rings (SSSR count). The maximum absolute atomic E-state index is 10.2. The van der Waals surface area contributed by atoms with E-state index in [-0.39, 0.29) is 18.5 Å². The molecule has 0 bridgehead atoms. The van der Waals surface area contributed by atoms with Crippen LogP contribution in [0.5, 0.6) is 0 Å². The van der Waals surface area contributed by atoms with Crippen LogP contribution >= 0.6 is 11.3 Å². The van der Waals surface area contributed by atoms with Crippen molar-refractivity contribution < 1.29 is 4.52 Å². The van der Waals surface area contributed by atoms with E-state index in [1.165, 1.54) is 16.2 Å². The molecule has 2 aliphatic carbocycles. The summed E-state index contributed by atoms with van der Waals surface area (Å²) in [7, 11) is 2.17. The lowest BCUT2D eigenvalue weighted by molar-refractivity contribution is 0.232. The highest BCUT2D eigenvalue weighted by Crippen LogP contribution is 2.55. The van der Waals surface area contributed by atoms with Crippen LogP contribution in [0.3, 0.4) is 0 Å². The highest BCUT2D eigenvalue weighted by atomic mass is 32.1. The van der Waals surface area contributed by atoms with Crippen molar-refractivity contribution in [3.63, 3.8) is 0 Å². The summed E-state index contributed by atoms with van der Waals surface area (Å²) in [4.78, 5) is 20.5. The van der Waals surface area contributed by atoms with Crippen molar-refractivity contribution in [3.8, 4) is 23.7 Å². The Labute approximate surface area is 300 Å². The summed E-state index contributed by atoms with van der Waals surface area (Å²) in [5.74, 6) is 2.33. The molecule has 4 N–H and O–H groups in total. The van der Waals surface area contributed by atoms with E-state index in [4.69, 9.17) is 36.2 Å². The number of anilines is 3. The molecule has 3 aliphatic rings. The number of hydrogen-bond acceptors (Lipinski definition) is 13. The lowest BCUT2D eigenvalue weighted by Crippen LogP contribution is -2.35. The van der Waals surface area contributed by atoms with E-state index in [0.717, 1.165) is 85.7 Å². The molecule has 51 heavy (non-hydrogen) atoms. The average Bonchev–Trinajstić information content (AvgIpc) is 3.93. The lowest BCUT2D eigenvalue weighted by atomic mass is 9.63. The number of likely N-dealkylation sites (N-methyl/N-ethyl adjacent to an activating group) is 1. The van der Waals surface area contributed by atoms with Crippen LogP contribution in [0.1, 0.15) is 104 Å². The normalized spacial score (nSPS) is 21.2. The van der Waals surface area contributed by atoms with E-state index in [9.17, 15) is 10.5 Å². The van der Waals surface area contributed by atoms with Gasteiger partial charge in [0.15, 0.2) is 22.9 Å². The van der Waals surface area contributed by atoms with Crippen molar-refractivity contribution in [1.29, 1.82) is 10.5 Å². The van der Waals surface area contributed by atoms with Crippen LogP contribution in [-0.4, -0.2) is 61.0 Å². The third kappa shape index (κ3) is 5.23. The Morgan fingerprint density at radius 3 is 2.73 bits per heavy atom. The number of nitrogens with two attached hydrogens (primary N) is 2. The van der Waals surface area contributed by atoms with Crippen molar-refractivity contribution in [1.82, 2.24) is 34.8 Å². The fourth-order valence-electron chi connectivity index (χ4n) is 9.06. The number of hydrogen-bond donors (Lipinski definition) is 2. The molecule has 4 unspecified atom stereocenters. The van der Waals surface area contributed by atoms with E-state index in [2.05, 4.69) is 47.8 Å². The van der Waals surface area contributed by atoms with Gasteiger partial charge in [0.05, 0.1) is 47.1 Å². The molecule has 5 aromatic heterocycles. The standard InChI is InChI=1S/C37H42N12OS/c1-21(23-10-6-16-42-32(23)40)48(18-8-15-38)35-26-20-43-49(22(2)27-11-7-17-47(27)3)36(26)45-34(44-35)30-24-9-4-13-37(31(24)50-46-30)14-5-12-28-29(37)25(19-39)33(41)51-28/h6,10,16,20-22,27H,4-5,7-9,11-14,17-18,41H2,1-3H3,(H2,40,42). The molecule has 1 saturated heterocycles. The lowest BCUT2D eigenvalue weighted by Gasteiger charge is -2.39. The number of thiophene rings is 1. The minimum atomic E-state index is -0.465. The summed E-state index contributed by atoms with van der Waals surface area (Å²) in [5, 5.41) is 31.0. The molecule has 0 amide bonds. The number of aryl methyl sites for hydroxylation is 1. The van der Waals surface area contributed by atoms with Crippen molar-refractivity contribution in [2.75, 3.05) is 36.5 Å². The van der Waals surface area contributed by atoms with Crippen LogP contribution < -0.4 is 16.4 Å². The molecule has 0 saturated carbocycles. The average molecular weight is 703 g/mol. The van der Waals surface area contributed by atoms with Crippen molar-refractivity contribution in [2.24, 2.45) is 0 Å². The van der Waals surface area contributed by atoms with Gasteiger partial charge in [-0.3, -0.25) is 0 Å². The molecule has 0 radical (unpaired) electrons. The molecule has 0 aromatic carbocycles. The second-order valence-corrected chi connectivity index (χ2v) is 15.4. The molecule has 1 fully saturated rings. The van der Waals surface area contributed by atoms with E-state index in [1.807, 2.05) is 23.0 Å². The quantitative estimate of drug-likeness (QED) is 0.190. The molecule has 14 heteroatoms. The van der Waals surface area contributed by atoms with Crippen molar-refractivity contribution in [3.05, 3.63) is 57.4 Å².